The van der Waals surface area contributed by atoms with Crippen LogP contribution in [0.25, 0.3) is 0 Å². The van der Waals surface area contributed by atoms with Gasteiger partial charge in [0.2, 0.25) is 5.91 Å². The van der Waals surface area contributed by atoms with Crippen LogP contribution in [0.15, 0.2) is 0 Å². The maximum absolute atomic E-state index is 12.4. The van der Waals surface area contributed by atoms with E-state index < -0.39 is 18.1 Å². The third-order valence-corrected chi connectivity index (χ3v) is 5.66. The first-order valence-electron chi connectivity index (χ1n) is 6.47. The summed E-state index contributed by atoms with van der Waals surface area (Å²) in [6.07, 6.45) is 4.75. The van der Waals surface area contributed by atoms with Gasteiger partial charge in [-0.3, -0.25) is 4.79 Å². The standard InChI is InChI=1S/C12H20N2O3S2/c1-18-5-4-8(13)10(15)14-9(12(16)17)6-19-11(14)7-2-3-7/h7-9,11H,2-6,13H2,1H3,(H,16,17)/t8-,9?,11?/m1/s1. The Morgan fingerprint density at radius 2 is 2.21 bits per heavy atom. The largest absolute Gasteiger partial charge is 0.480 e. The first-order valence-corrected chi connectivity index (χ1v) is 8.91. The quantitative estimate of drug-likeness (QED) is 0.756. The zero-order chi connectivity index (χ0) is 14.0. The minimum atomic E-state index is -0.916. The highest BCUT2D eigenvalue weighted by Gasteiger charge is 2.48. The number of hydrogen-bond donors (Lipinski definition) is 2. The summed E-state index contributed by atoms with van der Waals surface area (Å²) >= 11 is 3.23. The number of rotatable bonds is 6. The predicted molar refractivity (Wildman–Crippen MR) is 78.2 cm³/mol. The second kappa shape index (κ2) is 6.37. The van der Waals surface area contributed by atoms with Crippen LogP contribution in [0.4, 0.5) is 0 Å². The minimum absolute atomic E-state index is 0.0222. The SMILES string of the molecule is CSCC[C@@H](N)C(=O)N1C(C(=O)O)CSC1C1CC1. The van der Waals surface area contributed by atoms with Gasteiger partial charge in [0.1, 0.15) is 6.04 Å². The number of nitrogens with zero attached hydrogens (tertiary/aromatic N) is 1. The Morgan fingerprint density at radius 3 is 2.74 bits per heavy atom. The molecule has 0 aromatic rings. The molecule has 0 aromatic heterocycles. The van der Waals surface area contributed by atoms with Crippen molar-refractivity contribution in [3.63, 3.8) is 0 Å². The molecule has 1 amide bonds. The molecule has 1 saturated heterocycles. The second-order valence-electron chi connectivity index (χ2n) is 5.05. The Kier molecular flexibility index (Phi) is 5.03. The van der Waals surface area contributed by atoms with Crippen LogP contribution in [-0.2, 0) is 9.59 Å². The molecule has 7 heteroatoms. The molecule has 0 aromatic carbocycles. The molecule has 2 unspecified atom stereocenters. The third-order valence-electron chi connectivity index (χ3n) is 3.55. The normalized spacial score (nSPS) is 28.4. The molecule has 108 valence electrons. The number of carboxylic acids is 1. The van der Waals surface area contributed by atoms with E-state index in [0.29, 0.717) is 18.1 Å². The summed E-state index contributed by atoms with van der Waals surface area (Å²) in [5.74, 6) is 0.660. The van der Waals surface area contributed by atoms with Crippen LogP contribution in [0.5, 0.6) is 0 Å². The summed E-state index contributed by atoms with van der Waals surface area (Å²) in [5, 5.41) is 9.28. The summed E-state index contributed by atoms with van der Waals surface area (Å²) in [6.45, 7) is 0. The fourth-order valence-corrected chi connectivity index (χ4v) is 4.43. The molecule has 2 aliphatic rings. The van der Waals surface area contributed by atoms with Crippen molar-refractivity contribution < 1.29 is 14.7 Å². The van der Waals surface area contributed by atoms with E-state index in [9.17, 15) is 14.7 Å². The van der Waals surface area contributed by atoms with Crippen molar-refractivity contribution in [3.8, 4) is 0 Å². The maximum Gasteiger partial charge on any atom is 0.327 e. The van der Waals surface area contributed by atoms with E-state index in [0.717, 1.165) is 18.6 Å². The number of hydrogen-bond acceptors (Lipinski definition) is 5. The molecule has 2 rings (SSSR count). The van der Waals surface area contributed by atoms with Crippen molar-refractivity contribution in [2.24, 2.45) is 11.7 Å². The van der Waals surface area contributed by atoms with E-state index >= 15 is 0 Å². The van der Waals surface area contributed by atoms with Crippen molar-refractivity contribution in [1.82, 2.24) is 4.90 Å². The van der Waals surface area contributed by atoms with Gasteiger partial charge in [0.05, 0.1) is 11.4 Å². The summed E-state index contributed by atoms with van der Waals surface area (Å²) in [7, 11) is 0. The predicted octanol–water partition coefficient (Wildman–Crippen LogP) is 0.831. The number of amides is 1. The molecule has 1 aliphatic carbocycles. The monoisotopic (exact) mass is 304 g/mol. The fraction of sp³-hybridized carbons (Fsp3) is 0.833. The second-order valence-corrected chi connectivity index (χ2v) is 7.18. The average molecular weight is 304 g/mol. The first-order chi connectivity index (χ1) is 9.06. The number of thioether (sulfide) groups is 2. The number of carboxylic acid groups (broad SMARTS) is 1. The average Bonchev–Trinajstić information content (AvgIpc) is 3.13. The zero-order valence-electron chi connectivity index (χ0n) is 10.9. The number of nitrogens with two attached hydrogens (primary N) is 1. The van der Waals surface area contributed by atoms with Crippen molar-refractivity contribution >= 4 is 35.4 Å². The van der Waals surface area contributed by atoms with Gasteiger partial charge in [-0.1, -0.05) is 0 Å². The van der Waals surface area contributed by atoms with Crippen LogP contribution in [0.1, 0.15) is 19.3 Å². The summed E-state index contributed by atoms with van der Waals surface area (Å²) < 4.78 is 0. The van der Waals surface area contributed by atoms with E-state index in [1.165, 1.54) is 0 Å². The van der Waals surface area contributed by atoms with Gasteiger partial charge >= 0.3 is 5.97 Å². The molecule has 1 saturated carbocycles. The molecule has 5 nitrogen and oxygen atoms in total. The van der Waals surface area contributed by atoms with E-state index in [2.05, 4.69) is 0 Å². The van der Waals surface area contributed by atoms with Crippen molar-refractivity contribution in [3.05, 3.63) is 0 Å². The fourth-order valence-electron chi connectivity index (χ4n) is 2.30. The van der Waals surface area contributed by atoms with Crippen molar-refractivity contribution in [1.29, 1.82) is 0 Å². The number of carbonyl (C=O) groups excluding carboxylic acids is 1. The van der Waals surface area contributed by atoms with Crippen molar-refractivity contribution in [2.75, 3.05) is 17.8 Å². The van der Waals surface area contributed by atoms with Gasteiger partial charge < -0.3 is 15.7 Å². The molecule has 19 heavy (non-hydrogen) atoms. The minimum Gasteiger partial charge on any atom is -0.480 e. The van der Waals surface area contributed by atoms with Gasteiger partial charge in [-0.25, -0.2) is 4.79 Å². The lowest BCUT2D eigenvalue weighted by Gasteiger charge is -2.29. The highest BCUT2D eigenvalue weighted by molar-refractivity contribution is 8.00. The summed E-state index contributed by atoms with van der Waals surface area (Å²) in [4.78, 5) is 25.3. The molecule has 0 bridgehead atoms. The van der Waals surface area contributed by atoms with Crippen molar-refractivity contribution in [2.45, 2.75) is 36.7 Å². The van der Waals surface area contributed by atoms with Gasteiger partial charge in [-0.05, 0) is 37.2 Å². The maximum atomic E-state index is 12.4. The lowest BCUT2D eigenvalue weighted by molar-refractivity contribution is -0.149. The van der Waals surface area contributed by atoms with Gasteiger partial charge in [-0.15, -0.1) is 11.8 Å². The van der Waals surface area contributed by atoms with Crippen LogP contribution < -0.4 is 5.73 Å². The molecule has 1 aliphatic heterocycles. The molecular formula is C12H20N2O3S2. The molecule has 0 spiro atoms. The van der Waals surface area contributed by atoms with E-state index in [-0.39, 0.29) is 11.3 Å². The highest BCUT2D eigenvalue weighted by Crippen LogP contribution is 2.45. The van der Waals surface area contributed by atoms with Gasteiger partial charge in [0, 0.05) is 5.75 Å². The van der Waals surface area contributed by atoms with Crippen LogP contribution in [0, 0.1) is 5.92 Å². The Bertz CT molecular complexity index is 363. The Morgan fingerprint density at radius 1 is 1.53 bits per heavy atom. The molecule has 3 N–H and O–H groups in total. The molecule has 0 radical (unpaired) electrons. The Labute approximate surface area is 121 Å². The lowest BCUT2D eigenvalue weighted by Crippen LogP contribution is -2.52. The zero-order valence-corrected chi connectivity index (χ0v) is 12.6. The van der Waals surface area contributed by atoms with Crippen LogP contribution >= 0.6 is 23.5 Å². The molecule has 2 fully saturated rings. The van der Waals surface area contributed by atoms with Crippen LogP contribution in [0.2, 0.25) is 0 Å². The lowest BCUT2D eigenvalue weighted by atomic mass is 10.1. The number of carbonyl (C=O) groups is 2. The highest BCUT2D eigenvalue weighted by atomic mass is 32.2. The van der Waals surface area contributed by atoms with Crippen LogP contribution in [0.3, 0.4) is 0 Å². The van der Waals surface area contributed by atoms with E-state index in [1.54, 1.807) is 28.4 Å². The van der Waals surface area contributed by atoms with Gasteiger partial charge in [-0.2, -0.15) is 11.8 Å². The van der Waals surface area contributed by atoms with E-state index in [4.69, 9.17) is 5.73 Å². The van der Waals surface area contributed by atoms with Crippen LogP contribution in [-0.4, -0.2) is 57.1 Å². The molecular weight excluding hydrogens is 284 g/mol. The summed E-state index contributed by atoms with van der Waals surface area (Å²) in [5.41, 5.74) is 5.92. The third kappa shape index (κ3) is 3.38. The van der Waals surface area contributed by atoms with Gasteiger partial charge in [0.15, 0.2) is 0 Å². The summed E-state index contributed by atoms with van der Waals surface area (Å²) in [6, 6.07) is -1.28. The topological polar surface area (TPSA) is 83.6 Å². The Hall–Kier alpha value is -0.400. The molecule has 1 heterocycles. The first kappa shape index (κ1) is 15.0. The molecule has 3 atom stereocenters. The number of aliphatic carboxylic acids is 1. The van der Waals surface area contributed by atoms with E-state index in [1.807, 2.05) is 6.26 Å². The smallest absolute Gasteiger partial charge is 0.327 e. The van der Waals surface area contributed by atoms with Gasteiger partial charge in [0.25, 0.3) is 0 Å². The Balaban J connectivity index is 2.06.